The first kappa shape index (κ1) is 25.1. The van der Waals surface area contributed by atoms with Gasteiger partial charge in [0.15, 0.2) is 0 Å². The van der Waals surface area contributed by atoms with Gasteiger partial charge in [0.25, 0.3) is 0 Å². The fraction of sp³-hybridized carbons (Fsp3) is 0.727. The van der Waals surface area contributed by atoms with Gasteiger partial charge in [-0.3, -0.25) is 4.90 Å². The molecule has 1 aliphatic carbocycles. The van der Waals surface area contributed by atoms with Crippen molar-refractivity contribution in [3.63, 3.8) is 0 Å². The lowest BCUT2D eigenvalue weighted by molar-refractivity contribution is 0.0314. The number of allylic oxidation sites excluding steroid dienone is 3. The maximum Gasteiger partial charge on any atom is 0.414 e. The molecule has 1 aliphatic heterocycles. The Morgan fingerprint density at radius 2 is 1.81 bits per heavy atom. The summed E-state index contributed by atoms with van der Waals surface area (Å²) < 4.78 is 45.2. The van der Waals surface area contributed by atoms with Gasteiger partial charge < -0.3 is 19.5 Å². The van der Waals surface area contributed by atoms with E-state index in [0.29, 0.717) is 6.61 Å². The number of likely N-dealkylation sites (N-methyl/N-ethyl adjacent to an activating group) is 1. The molecule has 0 spiro atoms. The summed E-state index contributed by atoms with van der Waals surface area (Å²) in [4.78, 5) is 26.1. The first-order valence-electron chi connectivity index (χ1n) is 10.6. The second kappa shape index (κ2) is 9.54. The Bertz CT molecular complexity index is 748. The Morgan fingerprint density at radius 3 is 2.29 bits per heavy atom. The summed E-state index contributed by atoms with van der Waals surface area (Å²) in [6.07, 6.45) is -2.28. The summed E-state index contributed by atoms with van der Waals surface area (Å²) in [5.41, 5.74) is -1.20. The van der Waals surface area contributed by atoms with Crippen LogP contribution in [0.1, 0.15) is 61.3 Å². The molecule has 0 bridgehead atoms. The molecule has 2 amide bonds. The number of ether oxygens (including phenoxy) is 3. The van der Waals surface area contributed by atoms with E-state index < -0.39 is 47.8 Å². The molecule has 176 valence electrons. The van der Waals surface area contributed by atoms with Crippen molar-refractivity contribution >= 4 is 12.2 Å². The predicted octanol–water partition coefficient (Wildman–Crippen LogP) is 4.77. The van der Waals surface area contributed by atoms with E-state index in [1.807, 2.05) is 0 Å². The van der Waals surface area contributed by atoms with Crippen molar-refractivity contribution in [3.05, 3.63) is 23.2 Å². The van der Waals surface area contributed by atoms with Crippen LogP contribution < -0.4 is 5.32 Å². The molecule has 1 saturated heterocycles. The minimum Gasteiger partial charge on any atom is -0.444 e. The molecule has 3 atom stereocenters. The van der Waals surface area contributed by atoms with Gasteiger partial charge in [0.1, 0.15) is 29.3 Å². The fourth-order valence-electron chi connectivity index (χ4n) is 3.24. The molecule has 0 saturated carbocycles. The Labute approximate surface area is 182 Å². The molecule has 1 N–H and O–H groups in total. The molecule has 2 aliphatic rings. The topological polar surface area (TPSA) is 80.4 Å². The fourth-order valence-corrected chi connectivity index (χ4v) is 3.24. The second-order valence-corrected chi connectivity index (χ2v) is 9.72. The maximum atomic E-state index is 14.9. The van der Waals surface area contributed by atoms with E-state index in [1.54, 1.807) is 48.5 Å². The quantitative estimate of drug-likeness (QED) is 0.597. The monoisotopic (exact) mass is 444 g/mol. The van der Waals surface area contributed by atoms with Gasteiger partial charge in [0.05, 0.1) is 18.3 Å². The third kappa shape index (κ3) is 7.79. The number of alkyl halides is 1. The molecule has 31 heavy (non-hydrogen) atoms. The van der Waals surface area contributed by atoms with Gasteiger partial charge in [-0.1, -0.05) is 0 Å². The van der Waals surface area contributed by atoms with Crippen molar-refractivity contribution in [2.75, 3.05) is 13.2 Å². The van der Waals surface area contributed by atoms with Crippen LogP contribution in [0.2, 0.25) is 0 Å². The number of epoxide rings is 1. The van der Waals surface area contributed by atoms with Crippen molar-refractivity contribution in [2.24, 2.45) is 0 Å². The van der Waals surface area contributed by atoms with E-state index in [9.17, 15) is 18.4 Å². The standard InChI is InChI=1S/C22H34F2N2O5/c1-8-26(20(28)31-22(5,6)7)18-13(9-14(23)11-15(18)24)10-16(17-12-29-17)25-19(27)30-21(2,3)4/h9,14,16-17H,8,10-12H2,1-7H3,(H,25,27). The lowest BCUT2D eigenvalue weighted by atomic mass is 9.93. The molecule has 1 fully saturated rings. The zero-order chi connectivity index (χ0) is 23.6. The largest absolute Gasteiger partial charge is 0.444 e. The average Bonchev–Trinajstić information content (AvgIpc) is 3.38. The number of carbonyl (C=O) groups is 2. The van der Waals surface area contributed by atoms with Gasteiger partial charge in [0.2, 0.25) is 0 Å². The summed E-state index contributed by atoms with van der Waals surface area (Å²) in [7, 11) is 0. The number of rotatable bonds is 6. The Balaban J connectivity index is 2.26. The second-order valence-electron chi connectivity index (χ2n) is 9.72. The predicted molar refractivity (Wildman–Crippen MR) is 112 cm³/mol. The summed E-state index contributed by atoms with van der Waals surface area (Å²) in [6, 6.07) is -0.563. The Hall–Kier alpha value is -2.16. The van der Waals surface area contributed by atoms with Crippen LogP contribution in [0.4, 0.5) is 18.4 Å². The van der Waals surface area contributed by atoms with Gasteiger partial charge in [0, 0.05) is 13.0 Å². The van der Waals surface area contributed by atoms with Crippen molar-refractivity contribution in [2.45, 2.75) is 90.8 Å². The molecule has 0 aromatic carbocycles. The minimum atomic E-state index is -1.53. The first-order valence-corrected chi connectivity index (χ1v) is 10.6. The minimum absolute atomic E-state index is 0.0118. The van der Waals surface area contributed by atoms with Crippen LogP contribution in [0, 0.1) is 0 Å². The van der Waals surface area contributed by atoms with E-state index in [0.717, 1.165) is 4.90 Å². The van der Waals surface area contributed by atoms with Crippen molar-refractivity contribution in [3.8, 4) is 0 Å². The number of amides is 2. The normalized spacial score (nSPS) is 22.4. The molecule has 2 rings (SSSR count). The molecule has 9 heteroatoms. The lowest BCUT2D eigenvalue weighted by Gasteiger charge is -2.32. The summed E-state index contributed by atoms with van der Waals surface area (Å²) in [5, 5.41) is 2.73. The summed E-state index contributed by atoms with van der Waals surface area (Å²) >= 11 is 0. The Morgan fingerprint density at radius 1 is 1.23 bits per heavy atom. The zero-order valence-electron chi connectivity index (χ0n) is 19.4. The van der Waals surface area contributed by atoms with Crippen LogP contribution >= 0.6 is 0 Å². The molecule has 0 radical (unpaired) electrons. The zero-order valence-corrected chi connectivity index (χ0v) is 19.4. The van der Waals surface area contributed by atoms with Gasteiger partial charge >= 0.3 is 12.2 Å². The van der Waals surface area contributed by atoms with Gasteiger partial charge in [-0.2, -0.15) is 0 Å². The molecule has 0 aromatic rings. The highest BCUT2D eigenvalue weighted by molar-refractivity contribution is 5.72. The maximum absolute atomic E-state index is 14.9. The molecule has 7 nitrogen and oxygen atoms in total. The van der Waals surface area contributed by atoms with E-state index in [1.165, 1.54) is 6.08 Å². The van der Waals surface area contributed by atoms with Crippen LogP contribution in [-0.2, 0) is 14.2 Å². The van der Waals surface area contributed by atoms with Crippen LogP contribution in [0.5, 0.6) is 0 Å². The molecule has 1 heterocycles. The molecule has 3 unspecified atom stereocenters. The van der Waals surface area contributed by atoms with E-state index in [2.05, 4.69) is 5.32 Å². The van der Waals surface area contributed by atoms with Crippen molar-refractivity contribution < 1.29 is 32.6 Å². The van der Waals surface area contributed by atoms with Crippen molar-refractivity contribution in [1.29, 1.82) is 0 Å². The number of carbonyl (C=O) groups excluding carboxylic acids is 2. The average molecular weight is 445 g/mol. The molecular formula is C22H34F2N2O5. The SMILES string of the molecule is CCN(C(=O)OC(C)(C)C)C1=C(F)CC(F)C=C1CC(NC(=O)OC(C)(C)C)C1CO1. The lowest BCUT2D eigenvalue weighted by Crippen LogP contribution is -2.43. The smallest absolute Gasteiger partial charge is 0.414 e. The van der Waals surface area contributed by atoms with Gasteiger partial charge in [-0.05, 0) is 66.5 Å². The van der Waals surface area contributed by atoms with Crippen LogP contribution in [-0.4, -0.2) is 59.8 Å². The van der Waals surface area contributed by atoms with E-state index in [4.69, 9.17) is 14.2 Å². The van der Waals surface area contributed by atoms with Crippen LogP contribution in [0.25, 0.3) is 0 Å². The van der Waals surface area contributed by atoms with E-state index in [-0.39, 0.29) is 30.3 Å². The highest BCUT2D eigenvalue weighted by Crippen LogP contribution is 2.35. The number of halogens is 2. The third-order valence-corrected chi connectivity index (χ3v) is 4.47. The number of nitrogens with one attached hydrogen (secondary N) is 1. The van der Waals surface area contributed by atoms with Gasteiger partial charge in [-0.15, -0.1) is 0 Å². The number of hydrogen-bond donors (Lipinski definition) is 1. The highest BCUT2D eigenvalue weighted by Gasteiger charge is 2.39. The van der Waals surface area contributed by atoms with Crippen LogP contribution in [0.15, 0.2) is 23.2 Å². The van der Waals surface area contributed by atoms with Gasteiger partial charge in [-0.25, -0.2) is 18.4 Å². The number of hydrogen-bond acceptors (Lipinski definition) is 5. The Kier molecular flexibility index (Phi) is 7.73. The van der Waals surface area contributed by atoms with Crippen LogP contribution in [0.3, 0.4) is 0 Å². The van der Waals surface area contributed by atoms with Crippen molar-refractivity contribution in [1.82, 2.24) is 10.2 Å². The number of alkyl carbamates (subject to hydrolysis) is 1. The van der Waals surface area contributed by atoms with E-state index >= 15 is 0 Å². The highest BCUT2D eigenvalue weighted by atomic mass is 19.1. The molecular weight excluding hydrogens is 410 g/mol. The summed E-state index contributed by atoms with van der Waals surface area (Å²) in [5.74, 6) is -0.731. The first-order chi connectivity index (χ1) is 14.2. The number of nitrogens with zero attached hydrogens (tertiary/aromatic N) is 1. The third-order valence-electron chi connectivity index (χ3n) is 4.47. The summed E-state index contributed by atoms with van der Waals surface area (Å²) in [6.45, 7) is 12.6. The molecule has 0 aromatic heterocycles.